The maximum Gasteiger partial charge on any atom is 0.129 e. The van der Waals surface area contributed by atoms with E-state index in [-0.39, 0.29) is 5.56 Å². The average molecular weight is 321 g/mol. The van der Waals surface area contributed by atoms with E-state index in [0.29, 0.717) is 12.5 Å². The Bertz CT molecular complexity index is 625. The molecule has 1 aliphatic heterocycles. The summed E-state index contributed by atoms with van der Waals surface area (Å²) in [5.41, 5.74) is 0.0312. The monoisotopic (exact) mass is 321 g/mol. The largest absolute Gasteiger partial charge is 0.387 e. The Balaban J connectivity index is 1.51. The highest BCUT2D eigenvalue weighted by Gasteiger charge is 2.23. The van der Waals surface area contributed by atoms with E-state index in [2.05, 4.69) is 10.00 Å². The lowest BCUT2D eigenvalue weighted by molar-refractivity contribution is 0.0837. The molecule has 6 heteroatoms. The summed E-state index contributed by atoms with van der Waals surface area (Å²) in [4.78, 5) is 2.11. The number of likely N-dealkylation sites (tertiary alicyclic amines) is 1. The van der Waals surface area contributed by atoms with E-state index in [1.807, 2.05) is 16.9 Å². The number of benzene rings is 1. The fourth-order valence-corrected chi connectivity index (χ4v) is 3.14. The first-order valence-electron chi connectivity index (χ1n) is 7.94. The lowest BCUT2D eigenvalue weighted by atomic mass is 9.96. The smallest absolute Gasteiger partial charge is 0.129 e. The van der Waals surface area contributed by atoms with Crippen molar-refractivity contribution < 1.29 is 13.9 Å². The lowest BCUT2D eigenvalue weighted by Crippen LogP contribution is -2.37. The van der Waals surface area contributed by atoms with Crippen LogP contribution in [-0.2, 0) is 6.54 Å². The maximum atomic E-state index is 13.7. The molecule has 23 heavy (non-hydrogen) atoms. The zero-order chi connectivity index (χ0) is 16.2. The van der Waals surface area contributed by atoms with Gasteiger partial charge in [0.1, 0.15) is 11.6 Å². The van der Waals surface area contributed by atoms with E-state index in [0.717, 1.165) is 50.7 Å². The molecule has 0 aliphatic carbocycles. The van der Waals surface area contributed by atoms with Gasteiger partial charge < -0.3 is 10.0 Å². The molecule has 4 nitrogen and oxygen atoms in total. The fraction of sp³-hybridized carbons (Fsp3) is 0.471. The number of hydrogen-bond acceptors (Lipinski definition) is 3. The van der Waals surface area contributed by atoms with Crippen molar-refractivity contribution in [3.63, 3.8) is 0 Å². The molecule has 1 aliphatic rings. The summed E-state index contributed by atoms with van der Waals surface area (Å²) in [5, 5.41) is 14.4. The number of halogens is 2. The minimum Gasteiger partial charge on any atom is -0.387 e. The van der Waals surface area contributed by atoms with Crippen molar-refractivity contribution in [1.82, 2.24) is 14.7 Å². The number of rotatable bonds is 5. The van der Waals surface area contributed by atoms with Gasteiger partial charge in [-0.1, -0.05) is 0 Å². The first kappa shape index (κ1) is 16.1. The van der Waals surface area contributed by atoms with Gasteiger partial charge in [0, 0.05) is 31.0 Å². The van der Waals surface area contributed by atoms with Crippen LogP contribution in [0.5, 0.6) is 0 Å². The van der Waals surface area contributed by atoms with Crippen LogP contribution in [0.1, 0.15) is 24.5 Å². The van der Waals surface area contributed by atoms with Gasteiger partial charge in [0.25, 0.3) is 0 Å². The molecule has 0 bridgehead atoms. The molecule has 0 spiro atoms. The molecule has 0 radical (unpaired) electrons. The van der Waals surface area contributed by atoms with Crippen LogP contribution in [0.4, 0.5) is 8.78 Å². The molecule has 0 unspecified atom stereocenters. The summed E-state index contributed by atoms with van der Waals surface area (Å²) in [6.07, 6.45) is 4.76. The van der Waals surface area contributed by atoms with Crippen LogP contribution in [0, 0.1) is 17.6 Å². The Morgan fingerprint density at radius 3 is 2.74 bits per heavy atom. The van der Waals surface area contributed by atoms with E-state index in [4.69, 9.17) is 0 Å². The summed E-state index contributed by atoms with van der Waals surface area (Å²) < 4.78 is 28.9. The highest BCUT2D eigenvalue weighted by Crippen LogP contribution is 2.23. The van der Waals surface area contributed by atoms with Crippen molar-refractivity contribution in [2.24, 2.45) is 5.92 Å². The molecule has 124 valence electrons. The molecular formula is C17H21F2N3O. The fourth-order valence-electron chi connectivity index (χ4n) is 3.14. The predicted molar refractivity (Wildman–Crippen MR) is 82.7 cm³/mol. The van der Waals surface area contributed by atoms with Crippen LogP contribution in [0.15, 0.2) is 36.7 Å². The topological polar surface area (TPSA) is 41.3 Å². The Morgan fingerprint density at radius 1 is 1.26 bits per heavy atom. The third kappa shape index (κ3) is 4.14. The minimum atomic E-state index is -1.01. The molecule has 0 amide bonds. The number of aromatic nitrogens is 2. The second-order valence-electron chi connectivity index (χ2n) is 6.15. The molecule has 1 fully saturated rings. The molecule has 0 saturated carbocycles. The van der Waals surface area contributed by atoms with Gasteiger partial charge in [-0.15, -0.1) is 0 Å². The third-order valence-corrected chi connectivity index (χ3v) is 4.46. The van der Waals surface area contributed by atoms with Gasteiger partial charge in [-0.3, -0.25) is 4.68 Å². The maximum absolute atomic E-state index is 13.7. The third-order valence-electron chi connectivity index (χ3n) is 4.46. The Kier molecular flexibility index (Phi) is 5.03. The van der Waals surface area contributed by atoms with Crippen molar-refractivity contribution in [3.05, 3.63) is 53.9 Å². The molecule has 1 N–H and O–H groups in total. The van der Waals surface area contributed by atoms with E-state index in [1.54, 1.807) is 6.20 Å². The van der Waals surface area contributed by atoms with Gasteiger partial charge >= 0.3 is 0 Å². The van der Waals surface area contributed by atoms with Crippen molar-refractivity contribution in [2.45, 2.75) is 25.5 Å². The number of hydrogen-bond donors (Lipinski definition) is 1. The molecule has 1 aromatic carbocycles. The van der Waals surface area contributed by atoms with E-state index < -0.39 is 17.7 Å². The number of nitrogens with zero attached hydrogens (tertiary/aromatic N) is 3. The number of aliphatic hydroxyl groups is 1. The summed E-state index contributed by atoms with van der Waals surface area (Å²) >= 11 is 0. The van der Waals surface area contributed by atoms with Crippen LogP contribution >= 0.6 is 0 Å². The lowest BCUT2D eigenvalue weighted by Gasteiger charge is -2.33. The zero-order valence-corrected chi connectivity index (χ0v) is 12.9. The summed E-state index contributed by atoms with van der Waals surface area (Å²) in [7, 11) is 0. The summed E-state index contributed by atoms with van der Waals surface area (Å²) in [6, 6.07) is 5.11. The summed E-state index contributed by atoms with van der Waals surface area (Å²) in [5.74, 6) is -0.528. The number of piperidine rings is 1. The minimum absolute atomic E-state index is 0.0312. The standard InChI is InChI=1S/C17H21F2N3O/c18-14-2-3-16(19)15(10-14)17(23)12-21-8-4-13(5-9-21)11-22-7-1-6-20-22/h1-3,6-7,10,13,17,23H,4-5,8-9,11-12H2/t17-/m1/s1. The second-order valence-corrected chi connectivity index (χ2v) is 6.15. The molecule has 3 rings (SSSR count). The average Bonchev–Trinajstić information content (AvgIpc) is 3.04. The molecule has 1 saturated heterocycles. The van der Waals surface area contributed by atoms with Crippen molar-refractivity contribution in [3.8, 4) is 0 Å². The number of β-amino-alcohol motifs (C(OH)–C–C–N with tert-alkyl or cyclic N) is 1. The highest BCUT2D eigenvalue weighted by atomic mass is 19.1. The first-order valence-corrected chi connectivity index (χ1v) is 7.94. The van der Waals surface area contributed by atoms with Crippen LogP contribution in [0.25, 0.3) is 0 Å². The Morgan fingerprint density at radius 2 is 2.04 bits per heavy atom. The first-order chi connectivity index (χ1) is 11.1. The van der Waals surface area contributed by atoms with Gasteiger partial charge in [0.15, 0.2) is 0 Å². The van der Waals surface area contributed by atoms with Gasteiger partial charge in [0.2, 0.25) is 0 Å². The quantitative estimate of drug-likeness (QED) is 0.920. The van der Waals surface area contributed by atoms with Gasteiger partial charge in [0.05, 0.1) is 6.10 Å². The van der Waals surface area contributed by atoms with E-state index in [1.165, 1.54) is 0 Å². The normalized spacial score (nSPS) is 18.2. The predicted octanol–water partition coefficient (Wildman–Crippen LogP) is 2.61. The zero-order valence-electron chi connectivity index (χ0n) is 12.9. The molecule has 1 aromatic heterocycles. The summed E-state index contributed by atoms with van der Waals surface area (Å²) in [6.45, 7) is 2.93. The molecule has 2 heterocycles. The SMILES string of the molecule is O[C@H](CN1CCC(Cn2cccn2)CC1)c1cc(F)ccc1F. The molecular weight excluding hydrogens is 300 g/mol. The number of aliphatic hydroxyl groups excluding tert-OH is 1. The van der Waals surface area contributed by atoms with Crippen molar-refractivity contribution in [1.29, 1.82) is 0 Å². The van der Waals surface area contributed by atoms with Crippen molar-refractivity contribution in [2.75, 3.05) is 19.6 Å². The van der Waals surface area contributed by atoms with Crippen molar-refractivity contribution >= 4 is 0 Å². The van der Waals surface area contributed by atoms with Gasteiger partial charge in [-0.05, 0) is 56.1 Å². The Hall–Kier alpha value is -1.79. The highest BCUT2D eigenvalue weighted by molar-refractivity contribution is 5.21. The second kappa shape index (κ2) is 7.19. The van der Waals surface area contributed by atoms with Crippen LogP contribution in [0.2, 0.25) is 0 Å². The molecule has 2 aromatic rings. The van der Waals surface area contributed by atoms with Gasteiger partial charge in [-0.2, -0.15) is 5.10 Å². The van der Waals surface area contributed by atoms with Crippen LogP contribution in [-0.4, -0.2) is 39.4 Å². The van der Waals surface area contributed by atoms with Crippen LogP contribution in [0.3, 0.4) is 0 Å². The van der Waals surface area contributed by atoms with Crippen LogP contribution < -0.4 is 0 Å². The Labute approximate surface area is 134 Å². The van der Waals surface area contributed by atoms with E-state index >= 15 is 0 Å². The van der Waals surface area contributed by atoms with Gasteiger partial charge in [-0.25, -0.2) is 8.78 Å². The molecule has 1 atom stereocenters. The van der Waals surface area contributed by atoms with E-state index in [9.17, 15) is 13.9 Å².